The Morgan fingerprint density at radius 1 is 1.22 bits per heavy atom. The van der Waals surface area contributed by atoms with Gasteiger partial charge in [-0.3, -0.25) is 0 Å². The van der Waals surface area contributed by atoms with Gasteiger partial charge in [-0.2, -0.15) is 0 Å². The lowest BCUT2D eigenvalue weighted by Crippen LogP contribution is -2.12. The summed E-state index contributed by atoms with van der Waals surface area (Å²) in [6, 6.07) is 5.81. The summed E-state index contributed by atoms with van der Waals surface area (Å²) in [7, 11) is 3.32. The largest absolute Gasteiger partial charge is 0.497 e. The molecule has 0 aromatic heterocycles. The van der Waals surface area contributed by atoms with Crippen molar-refractivity contribution < 1.29 is 14.2 Å². The van der Waals surface area contributed by atoms with Gasteiger partial charge in [0.1, 0.15) is 11.5 Å². The van der Waals surface area contributed by atoms with Gasteiger partial charge in [0.15, 0.2) is 0 Å². The van der Waals surface area contributed by atoms with Gasteiger partial charge in [0.25, 0.3) is 0 Å². The molecule has 4 nitrogen and oxygen atoms in total. The molecule has 1 N–H and O–H groups in total. The van der Waals surface area contributed by atoms with Crippen LogP contribution >= 0.6 is 0 Å². The van der Waals surface area contributed by atoms with Crippen LogP contribution < -0.4 is 14.8 Å². The van der Waals surface area contributed by atoms with Crippen molar-refractivity contribution in [3.63, 3.8) is 0 Å². The number of anilines is 1. The second kappa shape index (κ2) is 6.50. The van der Waals surface area contributed by atoms with Crippen LogP contribution in [0.15, 0.2) is 18.2 Å². The lowest BCUT2D eigenvalue weighted by Gasteiger charge is -2.13. The van der Waals surface area contributed by atoms with Crippen LogP contribution in [0.5, 0.6) is 11.5 Å². The average Bonchev–Trinajstić information content (AvgIpc) is 2.91. The number of hydrogen-bond acceptors (Lipinski definition) is 4. The van der Waals surface area contributed by atoms with Crippen molar-refractivity contribution in [2.24, 2.45) is 0 Å². The summed E-state index contributed by atoms with van der Waals surface area (Å²) in [5.74, 6) is 1.60. The van der Waals surface area contributed by atoms with Crippen LogP contribution in [0.2, 0.25) is 0 Å². The van der Waals surface area contributed by atoms with Crippen molar-refractivity contribution in [2.45, 2.75) is 25.4 Å². The first-order chi connectivity index (χ1) is 8.81. The van der Waals surface area contributed by atoms with E-state index in [-0.39, 0.29) is 0 Å². The molecule has 1 aliphatic rings. The fraction of sp³-hybridized carbons (Fsp3) is 0.571. The van der Waals surface area contributed by atoms with E-state index in [1.54, 1.807) is 14.2 Å². The molecule has 0 radical (unpaired) electrons. The zero-order valence-corrected chi connectivity index (χ0v) is 11.1. The van der Waals surface area contributed by atoms with Crippen molar-refractivity contribution in [3.8, 4) is 11.5 Å². The molecular weight excluding hydrogens is 230 g/mol. The Bertz CT molecular complexity index is 353. The van der Waals surface area contributed by atoms with Gasteiger partial charge in [0.05, 0.1) is 20.3 Å². The fourth-order valence-electron chi connectivity index (χ4n) is 2.16. The lowest BCUT2D eigenvalue weighted by molar-refractivity contribution is 0.107. The van der Waals surface area contributed by atoms with Gasteiger partial charge in [0.2, 0.25) is 0 Å². The van der Waals surface area contributed by atoms with E-state index in [2.05, 4.69) is 5.32 Å². The van der Waals surface area contributed by atoms with Crippen LogP contribution in [0, 0.1) is 0 Å². The Balaban J connectivity index is 1.87. The van der Waals surface area contributed by atoms with Gasteiger partial charge >= 0.3 is 0 Å². The molecule has 1 aromatic rings. The Kier molecular flexibility index (Phi) is 4.70. The Labute approximate surface area is 108 Å². The van der Waals surface area contributed by atoms with E-state index >= 15 is 0 Å². The zero-order valence-electron chi connectivity index (χ0n) is 11.1. The molecule has 0 spiro atoms. The minimum Gasteiger partial charge on any atom is -0.497 e. The summed E-state index contributed by atoms with van der Waals surface area (Å²) in [5, 5.41) is 3.38. The summed E-state index contributed by atoms with van der Waals surface area (Å²) in [5.41, 5.74) is 1.02. The van der Waals surface area contributed by atoms with Crippen LogP contribution in [0.3, 0.4) is 0 Å². The quantitative estimate of drug-likeness (QED) is 0.843. The first-order valence-corrected chi connectivity index (χ1v) is 6.40. The maximum absolute atomic E-state index is 5.59. The molecule has 1 aromatic carbocycles. The molecule has 1 atom stereocenters. The molecular formula is C14H21NO3. The molecule has 0 bridgehead atoms. The van der Waals surface area contributed by atoms with Crippen LogP contribution in [0.1, 0.15) is 19.3 Å². The van der Waals surface area contributed by atoms with E-state index in [1.165, 1.54) is 12.8 Å². The van der Waals surface area contributed by atoms with Crippen molar-refractivity contribution >= 4 is 5.69 Å². The number of nitrogens with one attached hydrogen (secondary N) is 1. The van der Waals surface area contributed by atoms with Gasteiger partial charge in [-0.25, -0.2) is 0 Å². The highest BCUT2D eigenvalue weighted by Gasteiger charge is 2.14. The fourth-order valence-corrected chi connectivity index (χ4v) is 2.16. The number of benzene rings is 1. The van der Waals surface area contributed by atoms with Crippen LogP contribution in [0.4, 0.5) is 5.69 Å². The highest BCUT2D eigenvalue weighted by molar-refractivity contribution is 5.53. The second-order valence-electron chi connectivity index (χ2n) is 4.45. The molecule has 1 saturated heterocycles. The minimum absolute atomic E-state index is 0.421. The third-order valence-electron chi connectivity index (χ3n) is 3.17. The van der Waals surface area contributed by atoms with Crippen molar-refractivity contribution in [1.82, 2.24) is 0 Å². The molecule has 100 valence electrons. The monoisotopic (exact) mass is 251 g/mol. The van der Waals surface area contributed by atoms with Crippen LogP contribution in [-0.2, 0) is 4.74 Å². The van der Waals surface area contributed by atoms with Crippen molar-refractivity contribution in [3.05, 3.63) is 18.2 Å². The van der Waals surface area contributed by atoms with E-state index in [0.29, 0.717) is 6.10 Å². The first-order valence-electron chi connectivity index (χ1n) is 6.40. The molecule has 0 amide bonds. The maximum Gasteiger partial charge on any atom is 0.124 e. The van der Waals surface area contributed by atoms with Gasteiger partial charge in [0, 0.05) is 37.0 Å². The Hall–Kier alpha value is -1.42. The molecule has 1 unspecified atom stereocenters. The average molecular weight is 251 g/mol. The Morgan fingerprint density at radius 3 is 2.50 bits per heavy atom. The van der Waals surface area contributed by atoms with Gasteiger partial charge in [-0.05, 0) is 19.3 Å². The number of hydrogen-bond donors (Lipinski definition) is 1. The lowest BCUT2D eigenvalue weighted by atomic mass is 10.2. The molecule has 18 heavy (non-hydrogen) atoms. The predicted octanol–water partition coefficient (Wildman–Crippen LogP) is 2.68. The molecule has 1 fully saturated rings. The minimum atomic E-state index is 0.421. The van der Waals surface area contributed by atoms with Gasteiger partial charge in [-0.15, -0.1) is 0 Å². The molecule has 0 saturated carbocycles. The standard InChI is InChI=1S/C14H21NO3/c1-16-13-8-11(9-14(10-13)17-2)15-6-5-12-4-3-7-18-12/h8-10,12,15H,3-7H2,1-2H3. The van der Waals surface area contributed by atoms with Crippen LogP contribution in [-0.4, -0.2) is 33.5 Å². The molecule has 2 rings (SSSR count). The normalized spacial score (nSPS) is 18.7. The second-order valence-corrected chi connectivity index (χ2v) is 4.45. The van der Waals surface area contributed by atoms with Gasteiger partial charge in [-0.1, -0.05) is 0 Å². The van der Waals surface area contributed by atoms with Crippen LogP contribution in [0.25, 0.3) is 0 Å². The number of rotatable bonds is 6. The van der Waals surface area contributed by atoms with Gasteiger partial charge < -0.3 is 19.5 Å². The topological polar surface area (TPSA) is 39.7 Å². The van der Waals surface area contributed by atoms with E-state index in [4.69, 9.17) is 14.2 Å². The smallest absolute Gasteiger partial charge is 0.124 e. The van der Waals surface area contributed by atoms with Crippen molar-refractivity contribution in [2.75, 3.05) is 32.7 Å². The molecule has 4 heteroatoms. The predicted molar refractivity (Wildman–Crippen MR) is 71.6 cm³/mol. The number of ether oxygens (including phenoxy) is 3. The van der Waals surface area contributed by atoms with E-state index in [9.17, 15) is 0 Å². The van der Waals surface area contributed by atoms with Crippen molar-refractivity contribution in [1.29, 1.82) is 0 Å². The molecule has 1 aliphatic heterocycles. The highest BCUT2D eigenvalue weighted by Crippen LogP contribution is 2.26. The Morgan fingerprint density at radius 2 is 1.94 bits per heavy atom. The third kappa shape index (κ3) is 3.53. The highest BCUT2D eigenvalue weighted by atomic mass is 16.5. The number of methoxy groups -OCH3 is 2. The summed E-state index contributed by atoms with van der Waals surface area (Å²) in [4.78, 5) is 0. The third-order valence-corrected chi connectivity index (χ3v) is 3.17. The van der Waals surface area contributed by atoms with E-state index < -0.39 is 0 Å². The summed E-state index contributed by atoms with van der Waals surface area (Å²) in [6.07, 6.45) is 3.84. The van der Waals surface area contributed by atoms with E-state index in [0.717, 1.165) is 36.8 Å². The van der Waals surface area contributed by atoms with E-state index in [1.807, 2.05) is 18.2 Å². The summed E-state index contributed by atoms with van der Waals surface area (Å²) < 4.78 is 16.1. The molecule has 0 aliphatic carbocycles. The summed E-state index contributed by atoms with van der Waals surface area (Å²) in [6.45, 7) is 1.82. The summed E-state index contributed by atoms with van der Waals surface area (Å²) >= 11 is 0. The zero-order chi connectivity index (χ0) is 12.8. The molecule has 1 heterocycles. The maximum atomic E-state index is 5.59. The first kappa shape index (κ1) is 13.0. The SMILES string of the molecule is COc1cc(NCCC2CCCO2)cc(OC)c1.